The fraction of sp³-hybridized carbons (Fsp3) is 1.00. The van der Waals surface area contributed by atoms with Crippen molar-refractivity contribution < 1.29 is 4.74 Å². The average Bonchev–Trinajstić information content (AvgIpc) is 3.13. The van der Waals surface area contributed by atoms with Gasteiger partial charge >= 0.3 is 0 Å². The molecule has 1 saturated heterocycles. The molecule has 0 spiro atoms. The van der Waals surface area contributed by atoms with Crippen LogP contribution in [0.25, 0.3) is 0 Å². The van der Waals surface area contributed by atoms with Crippen LogP contribution in [0.3, 0.4) is 0 Å². The van der Waals surface area contributed by atoms with Crippen LogP contribution in [-0.2, 0) is 4.74 Å². The molecular weight excluding hydrogens is 210 g/mol. The van der Waals surface area contributed by atoms with Gasteiger partial charge in [0.15, 0.2) is 0 Å². The molecule has 1 aliphatic heterocycles. The predicted octanol–water partition coefficient (Wildman–Crippen LogP) is 2.97. The van der Waals surface area contributed by atoms with Gasteiger partial charge in [-0.15, -0.1) is 0 Å². The molecule has 2 heteroatoms. The minimum atomic E-state index is 0.124. The molecule has 0 amide bonds. The summed E-state index contributed by atoms with van der Waals surface area (Å²) in [5.41, 5.74) is 0.124. The van der Waals surface area contributed by atoms with Gasteiger partial charge in [-0.05, 0) is 76.7 Å². The van der Waals surface area contributed by atoms with Gasteiger partial charge in [-0.3, -0.25) is 0 Å². The van der Waals surface area contributed by atoms with Gasteiger partial charge < -0.3 is 10.1 Å². The Morgan fingerprint density at radius 3 is 2.24 bits per heavy atom. The first-order valence-electron chi connectivity index (χ1n) is 7.52. The Bertz CT molecular complexity index is 256. The van der Waals surface area contributed by atoms with E-state index in [4.69, 9.17) is 4.74 Å². The largest absolute Gasteiger partial charge is 0.371 e. The average molecular weight is 237 g/mol. The van der Waals surface area contributed by atoms with Crippen LogP contribution in [0.4, 0.5) is 0 Å². The van der Waals surface area contributed by atoms with Crippen LogP contribution >= 0.6 is 0 Å². The lowest BCUT2D eigenvalue weighted by Gasteiger charge is -2.21. The van der Waals surface area contributed by atoms with Crippen LogP contribution in [0.5, 0.6) is 0 Å². The lowest BCUT2D eigenvalue weighted by Crippen LogP contribution is -2.33. The molecule has 98 valence electrons. The van der Waals surface area contributed by atoms with Crippen molar-refractivity contribution in [3.05, 3.63) is 0 Å². The molecule has 0 bridgehead atoms. The van der Waals surface area contributed by atoms with Gasteiger partial charge in [-0.2, -0.15) is 0 Å². The van der Waals surface area contributed by atoms with Gasteiger partial charge in [0.05, 0.1) is 11.7 Å². The van der Waals surface area contributed by atoms with Crippen LogP contribution in [0.2, 0.25) is 0 Å². The summed E-state index contributed by atoms with van der Waals surface area (Å²) in [4.78, 5) is 0. The van der Waals surface area contributed by atoms with Crippen LogP contribution in [0.1, 0.15) is 52.4 Å². The molecule has 1 unspecified atom stereocenters. The molecule has 0 aromatic heterocycles. The summed E-state index contributed by atoms with van der Waals surface area (Å²) in [7, 11) is 0. The summed E-state index contributed by atoms with van der Waals surface area (Å²) in [5.74, 6) is 3.12. The molecule has 0 aromatic carbocycles. The van der Waals surface area contributed by atoms with Crippen LogP contribution in [0, 0.1) is 17.8 Å². The minimum Gasteiger partial charge on any atom is -0.371 e. The predicted molar refractivity (Wildman–Crippen MR) is 70.0 cm³/mol. The highest BCUT2D eigenvalue weighted by molar-refractivity contribution is 4.92. The second-order valence-corrected chi connectivity index (χ2v) is 7.04. The first kappa shape index (κ1) is 12.0. The molecule has 3 aliphatic rings. The molecule has 1 heterocycles. The maximum absolute atomic E-state index is 6.02. The third-order valence-corrected chi connectivity index (χ3v) is 4.76. The minimum absolute atomic E-state index is 0.124. The second kappa shape index (κ2) is 4.55. The monoisotopic (exact) mass is 237 g/mol. The molecule has 0 radical (unpaired) electrons. The zero-order valence-corrected chi connectivity index (χ0v) is 11.4. The summed E-state index contributed by atoms with van der Waals surface area (Å²) in [6.45, 7) is 6.74. The standard InChI is InChI=1S/C15H27NO/c1-15(2)8-7-13(17-15)9-16-10-14(11-3-4-11)12-5-6-12/h11-14,16H,3-10H2,1-2H3. The molecule has 3 fully saturated rings. The van der Waals surface area contributed by atoms with Crippen molar-refractivity contribution >= 4 is 0 Å². The number of hydrogen-bond acceptors (Lipinski definition) is 2. The van der Waals surface area contributed by atoms with Gasteiger partial charge in [0.1, 0.15) is 0 Å². The van der Waals surface area contributed by atoms with E-state index in [2.05, 4.69) is 19.2 Å². The van der Waals surface area contributed by atoms with E-state index in [1.165, 1.54) is 45.1 Å². The quantitative estimate of drug-likeness (QED) is 0.767. The smallest absolute Gasteiger partial charge is 0.0707 e. The van der Waals surface area contributed by atoms with Crippen molar-refractivity contribution in [1.29, 1.82) is 0 Å². The zero-order valence-electron chi connectivity index (χ0n) is 11.4. The fourth-order valence-corrected chi connectivity index (χ4v) is 3.40. The molecule has 1 N–H and O–H groups in total. The van der Waals surface area contributed by atoms with E-state index >= 15 is 0 Å². The molecule has 0 aromatic rings. The van der Waals surface area contributed by atoms with Gasteiger partial charge in [0.2, 0.25) is 0 Å². The fourth-order valence-electron chi connectivity index (χ4n) is 3.40. The summed E-state index contributed by atoms with van der Waals surface area (Å²) < 4.78 is 6.02. The molecular formula is C15H27NO. The first-order chi connectivity index (χ1) is 8.14. The number of rotatable bonds is 6. The van der Waals surface area contributed by atoms with E-state index in [0.29, 0.717) is 6.10 Å². The summed E-state index contributed by atoms with van der Waals surface area (Å²) in [6.07, 6.45) is 8.90. The van der Waals surface area contributed by atoms with E-state index in [-0.39, 0.29) is 5.60 Å². The Kier molecular flexibility index (Phi) is 3.20. The Labute approximate surface area is 105 Å². The topological polar surface area (TPSA) is 21.3 Å². The van der Waals surface area contributed by atoms with Crippen molar-refractivity contribution in [2.75, 3.05) is 13.1 Å². The molecule has 2 saturated carbocycles. The van der Waals surface area contributed by atoms with Crippen LogP contribution < -0.4 is 5.32 Å². The van der Waals surface area contributed by atoms with Gasteiger partial charge in [-0.25, -0.2) is 0 Å². The van der Waals surface area contributed by atoms with Crippen LogP contribution in [0.15, 0.2) is 0 Å². The highest BCUT2D eigenvalue weighted by Gasteiger charge is 2.41. The third-order valence-electron chi connectivity index (χ3n) is 4.76. The van der Waals surface area contributed by atoms with Crippen molar-refractivity contribution in [1.82, 2.24) is 5.32 Å². The highest BCUT2D eigenvalue weighted by Crippen LogP contribution is 2.48. The summed E-state index contributed by atoms with van der Waals surface area (Å²) in [6, 6.07) is 0. The lowest BCUT2D eigenvalue weighted by atomic mass is 9.98. The Morgan fingerprint density at radius 1 is 1.12 bits per heavy atom. The number of ether oxygens (including phenoxy) is 1. The van der Waals surface area contributed by atoms with Crippen LogP contribution in [-0.4, -0.2) is 24.8 Å². The normalized spacial score (nSPS) is 32.3. The lowest BCUT2D eigenvalue weighted by molar-refractivity contribution is -0.0145. The van der Waals surface area contributed by atoms with E-state index in [0.717, 1.165) is 24.3 Å². The molecule has 3 rings (SSSR count). The van der Waals surface area contributed by atoms with Crippen molar-refractivity contribution in [2.45, 2.75) is 64.1 Å². The van der Waals surface area contributed by atoms with E-state index in [9.17, 15) is 0 Å². The number of nitrogens with one attached hydrogen (secondary N) is 1. The molecule has 2 nitrogen and oxygen atoms in total. The van der Waals surface area contributed by atoms with Gasteiger partial charge in [0.25, 0.3) is 0 Å². The van der Waals surface area contributed by atoms with Gasteiger partial charge in [0, 0.05) is 6.54 Å². The Balaban J connectivity index is 1.37. The van der Waals surface area contributed by atoms with Gasteiger partial charge in [-0.1, -0.05) is 0 Å². The first-order valence-corrected chi connectivity index (χ1v) is 7.52. The summed E-state index contributed by atoms with van der Waals surface area (Å²) in [5, 5.41) is 3.68. The van der Waals surface area contributed by atoms with E-state index in [1.54, 1.807) is 0 Å². The summed E-state index contributed by atoms with van der Waals surface area (Å²) >= 11 is 0. The van der Waals surface area contributed by atoms with Crippen molar-refractivity contribution in [3.8, 4) is 0 Å². The van der Waals surface area contributed by atoms with Crippen molar-refractivity contribution in [2.24, 2.45) is 17.8 Å². The zero-order chi connectivity index (χ0) is 11.9. The van der Waals surface area contributed by atoms with E-state index < -0.39 is 0 Å². The molecule has 2 aliphatic carbocycles. The maximum atomic E-state index is 6.02. The van der Waals surface area contributed by atoms with E-state index in [1.807, 2.05) is 0 Å². The SMILES string of the molecule is CC1(C)CCC(CNCC(C2CC2)C2CC2)O1. The third kappa shape index (κ3) is 3.23. The molecule has 17 heavy (non-hydrogen) atoms. The Morgan fingerprint density at radius 2 is 1.76 bits per heavy atom. The Hall–Kier alpha value is -0.0800. The second-order valence-electron chi connectivity index (χ2n) is 7.04. The van der Waals surface area contributed by atoms with Crippen molar-refractivity contribution in [3.63, 3.8) is 0 Å². The number of hydrogen-bond donors (Lipinski definition) is 1. The maximum Gasteiger partial charge on any atom is 0.0707 e. The molecule has 1 atom stereocenters. The highest BCUT2D eigenvalue weighted by atomic mass is 16.5.